The van der Waals surface area contributed by atoms with Crippen molar-refractivity contribution < 1.29 is 9.84 Å². The van der Waals surface area contributed by atoms with Crippen molar-refractivity contribution in [1.82, 2.24) is 9.78 Å². The number of para-hydroxylation sites is 1. The lowest BCUT2D eigenvalue weighted by Crippen LogP contribution is -1.95. The van der Waals surface area contributed by atoms with E-state index in [1.54, 1.807) is 24.4 Å². The van der Waals surface area contributed by atoms with E-state index in [0.29, 0.717) is 22.1 Å². The van der Waals surface area contributed by atoms with E-state index in [2.05, 4.69) is 12.0 Å². The molecular formula is C13H15ClN2O2. The lowest BCUT2D eigenvalue weighted by molar-refractivity contribution is 0.276. The Balaban J connectivity index is 2.22. The zero-order chi connectivity index (χ0) is 13.0. The zero-order valence-corrected chi connectivity index (χ0v) is 10.9. The molecule has 4 nitrogen and oxygen atoms in total. The highest BCUT2D eigenvalue weighted by Crippen LogP contribution is 2.32. The number of halogens is 1. The predicted octanol–water partition coefficient (Wildman–Crippen LogP) is 3.23. The van der Waals surface area contributed by atoms with Crippen LogP contribution in [0.2, 0.25) is 5.02 Å². The summed E-state index contributed by atoms with van der Waals surface area (Å²) < 4.78 is 7.49. The van der Waals surface area contributed by atoms with E-state index >= 15 is 0 Å². The lowest BCUT2D eigenvalue weighted by Gasteiger charge is -2.09. The van der Waals surface area contributed by atoms with Gasteiger partial charge in [0, 0.05) is 12.1 Å². The first-order valence-corrected chi connectivity index (χ1v) is 6.21. The van der Waals surface area contributed by atoms with Gasteiger partial charge < -0.3 is 9.84 Å². The van der Waals surface area contributed by atoms with Gasteiger partial charge in [0.05, 0.1) is 24.0 Å². The summed E-state index contributed by atoms with van der Waals surface area (Å²) in [4.78, 5) is 0. The van der Waals surface area contributed by atoms with E-state index < -0.39 is 0 Å². The molecule has 0 fully saturated rings. The van der Waals surface area contributed by atoms with Crippen LogP contribution in [0.5, 0.6) is 11.5 Å². The fourth-order valence-corrected chi connectivity index (χ4v) is 1.89. The highest BCUT2D eigenvalue weighted by atomic mass is 35.5. The number of ether oxygens (including phenoxy) is 1. The Kier molecular flexibility index (Phi) is 4.23. The summed E-state index contributed by atoms with van der Waals surface area (Å²) >= 11 is 6.06. The van der Waals surface area contributed by atoms with Crippen LogP contribution >= 0.6 is 11.6 Å². The number of benzene rings is 1. The molecule has 1 aromatic heterocycles. The molecular weight excluding hydrogens is 252 g/mol. The predicted molar refractivity (Wildman–Crippen MR) is 70.0 cm³/mol. The van der Waals surface area contributed by atoms with Crippen LogP contribution in [0.25, 0.3) is 0 Å². The van der Waals surface area contributed by atoms with Crippen LogP contribution in [0.4, 0.5) is 0 Å². The van der Waals surface area contributed by atoms with Gasteiger partial charge in [-0.2, -0.15) is 5.10 Å². The van der Waals surface area contributed by atoms with E-state index in [1.807, 2.05) is 10.9 Å². The number of aliphatic hydroxyl groups is 1. The topological polar surface area (TPSA) is 47.3 Å². The minimum atomic E-state index is -0.112. The molecule has 0 saturated heterocycles. The molecule has 0 bridgehead atoms. The van der Waals surface area contributed by atoms with E-state index in [0.717, 1.165) is 13.0 Å². The maximum Gasteiger partial charge on any atom is 0.165 e. The van der Waals surface area contributed by atoms with Crippen LogP contribution in [0.15, 0.2) is 30.6 Å². The molecule has 0 radical (unpaired) electrons. The standard InChI is InChI=1S/C13H15ClN2O2/c1-2-6-16-8-11(7-15-16)18-13-10(9-17)4-3-5-12(13)14/h3-5,7-8,17H,2,6,9H2,1H3. The van der Waals surface area contributed by atoms with Crippen LogP contribution in [-0.2, 0) is 13.2 Å². The second-order valence-corrected chi connectivity index (χ2v) is 4.33. The first-order valence-electron chi connectivity index (χ1n) is 5.83. The first kappa shape index (κ1) is 12.9. The Labute approximate surface area is 111 Å². The number of nitrogens with zero attached hydrogens (tertiary/aromatic N) is 2. The summed E-state index contributed by atoms with van der Waals surface area (Å²) in [6, 6.07) is 5.28. The van der Waals surface area contributed by atoms with Crippen molar-refractivity contribution in [2.75, 3.05) is 0 Å². The Bertz CT molecular complexity index is 525. The number of hydrogen-bond donors (Lipinski definition) is 1. The average molecular weight is 267 g/mol. The van der Waals surface area contributed by atoms with Gasteiger partial charge in [-0.05, 0) is 12.5 Å². The third-order valence-corrected chi connectivity index (χ3v) is 2.80. The molecule has 0 aliphatic rings. The number of aliphatic hydroxyl groups excluding tert-OH is 1. The van der Waals surface area contributed by atoms with Crippen LogP contribution in [0.3, 0.4) is 0 Å². The van der Waals surface area contributed by atoms with Crippen LogP contribution in [0.1, 0.15) is 18.9 Å². The van der Waals surface area contributed by atoms with Crippen molar-refractivity contribution in [2.24, 2.45) is 0 Å². The Morgan fingerprint density at radius 3 is 3.00 bits per heavy atom. The van der Waals surface area contributed by atoms with Crippen molar-refractivity contribution in [3.63, 3.8) is 0 Å². The van der Waals surface area contributed by atoms with Crippen molar-refractivity contribution in [2.45, 2.75) is 26.5 Å². The summed E-state index contributed by atoms with van der Waals surface area (Å²) in [7, 11) is 0. The van der Waals surface area contributed by atoms with E-state index in [4.69, 9.17) is 16.3 Å². The molecule has 18 heavy (non-hydrogen) atoms. The fourth-order valence-electron chi connectivity index (χ4n) is 1.66. The molecule has 1 heterocycles. The summed E-state index contributed by atoms with van der Waals surface area (Å²) in [5.41, 5.74) is 0.658. The monoisotopic (exact) mass is 266 g/mol. The van der Waals surface area contributed by atoms with Gasteiger partial charge in [0.25, 0.3) is 0 Å². The van der Waals surface area contributed by atoms with E-state index in [-0.39, 0.29) is 6.61 Å². The summed E-state index contributed by atoms with van der Waals surface area (Å²) in [5, 5.41) is 13.9. The van der Waals surface area contributed by atoms with Crippen molar-refractivity contribution >= 4 is 11.6 Å². The van der Waals surface area contributed by atoms with E-state index in [1.165, 1.54) is 0 Å². The molecule has 2 aromatic rings. The molecule has 0 amide bonds. The molecule has 1 aromatic carbocycles. The van der Waals surface area contributed by atoms with Crippen LogP contribution in [0, 0.1) is 0 Å². The first-order chi connectivity index (χ1) is 8.74. The molecule has 1 N–H and O–H groups in total. The molecule has 2 rings (SSSR count). The van der Waals surface area contributed by atoms with Crippen LogP contribution in [-0.4, -0.2) is 14.9 Å². The zero-order valence-electron chi connectivity index (χ0n) is 10.1. The summed E-state index contributed by atoms with van der Waals surface area (Å²) in [5.74, 6) is 1.10. The summed E-state index contributed by atoms with van der Waals surface area (Å²) in [6.45, 7) is 2.82. The minimum absolute atomic E-state index is 0.112. The van der Waals surface area contributed by atoms with Gasteiger partial charge in [-0.1, -0.05) is 30.7 Å². The van der Waals surface area contributed by atoms with Gasteiger partial charge in [-0.3, -0.25) is 4.68 Å². The summed E-state index contributed by atoms with van der Waals surface area (Å²) in [6.07, 6.45) is 4.46. The van der Waals surface area contributed by atoms with Gasteiger partial charge in [-0.15, -0.1) is 0 Å². The smallest absolute Gasteiger partial charge is 0.165 e. The largest absolute Gasteiger partial charge is 0.452 e. The quantitative estimate of drug-likeness (QED) is 0.904. The highest BCUT2D eigenvalue weighted by molar-refractivity contribution is 6.32. The lowest BCUT2D eigenvalue weighted by atomic mass is 10.2. The van der Waals surface area contributed by atoms with Crippen molar-refractivity contribution in [1.29, 1.82) is 0 Å². The van der Waals surface area contributed by atoms with Crippen LogP contribution < -0.4 is 4.74 Å². The Morgan fingerprint density at radius 2 is 2.28 bits per heavy atom. The van der Waals surface area contributed by atoms with Crippen molar-refractivity contribution in [3.05, 3.63) is 41.2 Å². The molecule has 96 valence electrons. The third-order valence-electron chi connectivity index (χ3n) is 2.50. The second-order valence-electron chi connectivity index (χ2n) is 3.93. The number of rotatable bonds is 5. The fraction of sp³-hybridized carbons (Fsp3) is 0.308. The maximum atomic E-state index is 9.25. The van der Waals surface area contributed by atoms with Gasteiger partial charge in [0.1, 0.15) is 0 Å². The normalized spacial score (nSPS) is 10.6. The molecule has 0 aliphatic heterocycles. The number of aryl methyl sites for hydroxylation is 1. The third kappa shape index (κ3) is 2.83. The second kappa shape index (κ2) is 5.89. The highest BCUT2D eigenvalue weighted by Gasteiger charge is 2.10. The van der Waals surface area contributed by atoms with Gasteiger partial charge in [0.2, 0.25) is 0 Å². The van der Waals surface area contributed by atoms with Crippen molar-refractivity contribution in [3.8, 4) is 11.5 Å². The number of hydrogen-bond acceptors (Lipinski definition) is 3. The molecule has 0 unspecified atom stereocenters. The van der Waals surface area contributed by atoms with Gasteiger partial charge in [-0.25, -0.2) is 0 Å². The number of aromatic nitrogens is 2. The average Bonchev–Trinajstić information content (AvgIpc) is 2.80. The molecule has 0 spiro atoms. The molecule has 0 aliphatic carbocycles. The molecule has 5 heteroatoms. The van der Waals surface area contributed by atoms with Gasteiger partial charge >= 0.3 is 0 Å². The molecule has 0 saturated carbocycles. The maximum absolute atomic E-state index is 9.25. The molecule has 0 atom stereocenters. The minimum Gasteiger partial charge on any atom is -0.452 e. The Morgan fingerprint density at radius 1 is 1.44 bits per heavy atom. The Hall–Kier alpha value is -1.52. The SMILES string of the molecule is CCCn1cc(Oc2c(Cl)cccc2CO)cn1. The van der Waals surface area contributed by atoms with Gasteiger partial charge in [0.15, 0.2) is 11.5 Å². The van der Waals surface area contributed by atoms with E-state index in [9.17, 15) is 5.11 Å².